The van der Waals surface area contributed by atoms with E-state index in [1.165, 1.54) is 5.56 Å². The molecular weight excluding hydrogens is 364 g/mol. The molecule has 0 fully saturated rings. The van der Waals surface area contributed by atoms with E-state index in [-0.39, 0.29) is 11.8 Å². The monoisotopic (exact) mass is 378 g/mol. The molecule has 4 heteroatoms. The Kier molecular flexibility index (Phi) is 3.66. The molecule has 24 heavy (non-hydrogen) atoms. The lowest BCUT2D eigenvalue weighted by Crippen LogP contribution is -2.23. The predicted molar refractivity (Wildman–Crippen MR) is 96.5 cm³/mol. The zero-order chi connectivity index (χ0) is 16.7. The Morgan fingerprint density at radius 2 is 1.96 bits per heavy atom. The molecule has 1 atom stereocenters. The molecule has 0 saturated heterocycles. The maximum atomic E-state index is 9.65. The Hall–Kier alpha value is -2.51. The standard InChI is InChI=1S/C20H15BrN2O/c21-14-6-3-5-13(10-14)18-16-9-8-12-4-1-2-7-15(12)19(16)24-20(23)17(18)11-22/h1-7,10,18H,8-9,23H2. The van der Waals surface area contributed by atoms with Crippen molar-refractivity contribution < 1.29 is 4.74 Å². The lowest BCUT2D eigenvalue weighted by Gasteiger charge is -2.33. The van der Waals surface area contributed by atoms with Crippen LogP contribution in [0, 0.1) is 11.3 Å². The summed E-state index contributed by atoms with van der Waals surface area (Å²) in [6.45, 7) is 0. The number of halogens is 1. The van der Waals surface area contributed by atoms with Crippen LogP contribution in [-0.2, 0) is 11.2 Å². The molecule has 1 aliphatic carbocycles. The Morgan fingerprint density at radius 1 is 1.12 bits per heavy atom. The van der Waals surface area contributed by atoms with Crippen molar-refractivity contribution in [2.75, 3.05) is 0 Å². The van der Waals surface area contributed by atoms with E-state index < -0.39 is 0 Å². The van der Waals surface area contributed by atoms with Crippen LogP contribution in [0.5, 0.6) is 0 Å². The quantitative estimate of drug-likeness (QED) is 0.787. The summed E-state index contributed by atoms with van der Waals surface area (Å²) in [5.74, 6) is 0.876. The third kappa shape index (κ3) is 2.33. The van der Waals surface area contributed by atoms with Crippen LogP contribution in [0.3, 0.4) is 0 Å². The van der Waals surface area contributed by atoms with Gasteiger partial charge < -0.3 is 10.5 Å². The summed E-state index contributed by atoms with van der Waals surface area (Å²) in [4.78, 5) is 0. The average molecular weight is 379 g/mol. The summed E-state index contributed by atoms with van der Waals surface area (Å²) in [7, 11) is 0. The fraction of sp³-hybridized carbons (Fsp3) is 0.150. The van der Waals surface area contributed by atoms with Crippen molar-refractivity contribution in [3.05, 3.63) is 86.7 Å². The number of hydrogen-bond donors (Lipinski definition) is 1. The maximum Gasteiger partial charge on any atom is 0.205 e. The molecule has 3 nitrogen and oxygen atoms in total. The van der Waals surface area contributed by atoms with Gasteiger partial charge in [0, 0.05) is 16.0 Å². The van der Waals surface area contributed by atoms with Crippen LogP contribution in [-0.4, -0.2) is 0 Å². The van der Waals surface area contributed by atoms with Gasteiger partial charge in [0.2, 0.25) is 5.88 Å². The second-order valence-electron chi connectivity index (χ2n) is 5.99. The number of nitriles is 1. The first-order chi connectivity index (χ1) is 11.7. The Bertz CT molecular complexity index is 937. The van der Waals surface area contributed by atoms with E-state index in [9.17, 15) is 5.26 Å². The fourth-order valence-electron chi connectivity index (χ4n) is 3.57. The SMILES string of the molecule is N#CC1=C(N)OC2=C(CCc3ccccc32)C1c1cccc(Br)c1. The number of fused-ring (bicyclic) bond motifs is 2. The summed E-state index contributed by atoms with van der Waals surface area (Å²) in [5.41, 5.74) is 11.1. The van der Waals surface area contributed by atoms with E-state index in [2.05, 4.69) is 34.1 Å². The van der Waals surface area contributed by atoms with E-state index in [0.717, 1.165) is 39.8 Å². The zero-order valence-corrected chi connectivity index (χ0v) is 14.5. The lowest BCUT2D eigenvalue weighted by atomic mass is 9.77. The third-order valence-corrected chi connectivity index (χ3v) is 5.13. The van der Waals surface area contributed by atoms with Crippen molar-refractivity contribution in [3.63, 3.8) is 0 Å². The molecule has 0 amide bonds. The molecule has 0 aromatic heterocycles. The summed E-state index contributed by atoms with van der Waals surface area (Å²) in [6, 6.07) is 18.5. The Labute approximate surface area is 149 Å². The summed E-state index contributed by atoms with van der Waals surface area (Å²) >= 11 is 3.52. The second kappa shape index (κ2) is 5.85. The van der Waals surface area contributed by atoms with Gasteiger partial charge in [0.1, 0.15) is 17.4 Å². The van der Waals surface area contributed by atoms with Gasteiger partial charge in [-0.3, -0.25) is 0 Å². The highest BCUT2D eigenvalue weighted by Gasteiger charge is 2.35. The largest absolute Gasteiger partial charge is 0.440 e. The normalized spacial score (nSPS) is 19.2. The van der Waals surface area contributed by atoms with Crippen molar-refractivity contribution in [3.8, 4) is 6.07 Å². The molecule has 4 rings (SSSR count). The summed E-state index contributed by atoms with van der Waals surface area (Å²) < 4.78 is 6.89. The van der Waals surface area contributed by atoms with E-state index in [4.69, 9.17) is 10.5 Å². The smallest absolute Gasteiger partial charge is 0.205 e. The van der Waals surface area contributed by atoms with Gasteiger partial charge in [-0.1, -0.05) is 52.3 Å². The third-order valence-electron chi connectivity index (χ3n) is 4.63. The molecule has 0 saturated carbocycles. The van der Waals surface area contributed by atoms with Crippen LogP contribution in [0.4, 0.5) is 0 Å². The van der Waals surface area contributed by atoms with Crippen LogP contribution in [0.2, 0.25) is 0 Å². The molecule has 1 unspecified atom stereocenters. The molecule has 0 radical (unpaired) electrons. The number of hydrogen-bond acceptors (Lipinski definition) is 3. The molecular formula is C20H15BrN2O. The minimum absolute atomic E-state index is 0.149. The van der Waals surface area contributed by atoms with Gasteiger partial charge in [0.05, 0.1) is 0 Å². The minimum atomic E-state index is -0.149. The highest BCUT2D eigenvalue weighted by molar-refractivity contribution is 9.10. The number of nitrogens with two attached hydrogens (primary N) is 1. The lowest BCUT2D eigenvalue weighted by molar-refractivity contribution is 0.350. The predicted octanol–water partition coefficient (Wildman–Crippen LogP) is 4.61. The van der Waals surface area contributed by atoms with Crippen LogP contribution < -0.4 is 5.73 Å². The fourth-order valence-corrected chi connectivity index (χ4v) is 3.98. The van der Waals surface area contributed by atoms with Gasteiger partial charge in [0.25, 0.3) is 0 Å². The average Bonchev–Trinajstić information content (AvgIpc) is 2.60. The molecule has 2 aromatic rings. The van der Waals surface area contributed by atoms with E-state index in [0.29, 0.717) is 5.57 Å². The summed E-state index contributed by atoms with van der Waals surface area (Å²) in [6.07, 6.45) is 1.81. The molecule has 1 aliphatic heterocycles. The molecule has 2 aromatic carbocycles. The van der Waals surface area contributed by atoms with Crippen LogP contribution in [0.1, 0.15) is 29.0 Å². The number of aryl methyl sites for hydroxylation is 1. The molecule has 118 valence electrons. The molecule has 0 bridgehead atoms. The van der Waals surface area contributed by atoms with Gasteiger partial charge >= 0.3 is 0 Å². The molecule has 2 aliphatic rings. The van der Waals surface area contributed by atoms with Crippen molar-refractivity contribution in [1.29, 1.82) is 5.26 Å². The van der Waals surface area contributed by atoms with Crippen LogP contribution in [0.15, 0.2) is 70.0 Å². The van der Waals surface area contributed by atoms with Crippen molar-refractivity contribution in [2.45, 2.75) is 18.8 Å². The number of allylic oxidation sites excluding steroid dienone is 2. The number of ether oxygens (including phenoxy) is 1. The molecule has 0 spiro atoms. The van der Waals surface area contributed by atoms with E-state index in [1.807, 2.05) is 36.4 Å². The number of rotatable bonds is 1. The van der Waals surface area contributed by atoms with Crippen molar-refractivity contribution in [1.82, 2.24) is 0 Å². The van der Waals surface area contributed by atoms with Crippen LogP contribution in [0.25, 0.3) is 5.76 Å². The molecule has 1 heterocycles. The first kappa shape index (κ1) is 15.0. The van der Waals surface area contributed by atoms with Gasteiger partial charge in [0.15, 0.2) is 0 Å². The van der Waals surface area contributed by atoms with Gasteiger partial charge in [-0.25, -0.2) is 0 Å². The highest BCUT2D eigenvalue weighted by Crippen LogP contribution is 2.47. The maximum absolute atomic E-state index is 9.65. The van der Waals surface area contributed by atoms with Crippen molar-refractivity contribution >= 4 is 21.7 Å². The first-order valence-electron chi connectivity index (χ1n) is 7.83. The Morgan fingerprint density at radius 3 is 2.75 bits per heavy atom. The number of nitrogens with zero attached hydrogens (tertiary/aromatic N) is 1. The highest BCUT2D eigenvalue weighted by atomic mass is 79.9. The number of benzene rings is 2. The van der Waals surface area contributed by atoms with E-state index in [1.54, 1.807) is 0 Å². The first-order valence-corrected chi connectivity index (χ1v) is 8.62. The zero-order valence-electron chi connectivity index (χ0n) is 12.9. The Balaban J connectivity index is 1.93. The van der Waals surface area contributed by atoms with Gasteiger partial charge in [-0.15, -0.1) is 0 Å². The second-order valence-corrected chi connectivity index (χ2v) is 6.91. The van der Waals surface area contributed by atoms with Crippen LogP contribution >= 0.6 is 15.9 Å². The molecule has 2 N–H and O–H groups in total. The van der Waals surface area contributed by atoms with E-state index >= 15 is 0 Å². The van der Waals surface area contributed by atoms with Gasteiger partial charge in [-0.05, 0) is 41.7 Å². The van der Waals surface area contributed by atoms with Gasteiger partial charge in [-0.2, -0.15) is 5.26 Å². The van der Waals surface area contributed by atoms with Crippen molar-refractivity contribution in [2.24, 2.45) is 5.73 Å². The summed E-state index contributed by atoms with van der Waals surface area (Å²) in [5, 5.41) is 9.65. The minimum Gasteiger partial charge on any atom is -0.440 e. The topological polar surface area (TPSA) is 59.0 Å².